The number of carbonyl (C=O) groups is 2. The summed E-state index contributed by atoms with van der Waals surface area (Å²) in [5.74, 6) is 0.0205. The first-order valence-corrected chi connectivity index (χ1v) is 7.94. The van der Waals surface area contributed by atoms with Crippen molar-refractivity contribution in [3.63, 3.8) is 0 Å². The van der Waals surface area contributed by atoms with Gasteiger partial charge in [0.05, 0.1) is 0 Å². The summed E-state index contributed by atoms with van der Waals surface area (Å²) in [6, 6.07) is 6.90. The number of carbonyl (C=O) groups excluding carboxylic acids is 2. The molecule has 1 aromatic carbocycles. The minimum atomic E-state index is -0.633. The van der Waals surface area contributed by atoms with Gasteiger partial charge in [-0.15, -0.1) is 0 Å². The predicted molar refractivity (Wildman–Crippen MR) is 92.4 cm³/mol. The Kier molecular flexibility index (Phi) is 6.61. The highest BCUT2D eigenvalue weighted by molar-refractivity contribution is 5.96. The fourth-order valence-electron chi connectivity index (χ4n) is 2.02. The van der Waals surface area contributed by atoms with Gasteiger partial charge in [-0.1, -0.05) is 31.5 Å². The number of ether oxygens (including phenoxy) is 1. The van der Waals surface area contributed by atoms with Gasteiger partial charge in [0, 0.05) is 5.69 Å². The van der Waals surface area contributed by atoms with Crippen molar-refractivity contribution in [2.45, 2.75) is 59.6 Å². The normalized spacial score (nSPS) is 12.7. The molecule has 0 aliphatic heterocycles. The number of aryl methyl sites for hydroxylation is 1. The first kappa shape index (κ1) is 19.0. The lowest BCUT2D eigenvalue weighted by molar-refractivity contribution is -0.118. The second-order valence-corrected chi connectivity index (χ2v) is 7.18. The van der Waals surface area contributed by atoms with Gasteiger partial charge in [0.1, 0.15) is 11.6 Å². The van der Waals surface area contributed by atoms with E-state index in [9.17, 15) is 9.59 Å². The smallest absolute Gasteiger partial charge is 0.408 e. The van der Waals surface area contributed by atoms with Crippen LogP contribution in [0.25, 0.3) is 0 Å². The minimum Gasteiger partial charge on any atom is -0.444 e. The Balaban J connectivity index is 2.74. The molecule has 0 saturated heterocycles. The van der Waals surface area contributed by atoms with Gasteiger partial charge in [0.2, 0.25) is 5.91 Å². The molecule has 0 radical (unpaired) electrons. The Morgan fingerprint density at radius 1 is 1.13 bits per heavy atom. The zero-order valence-electron chi connectivity index (χ0n) is 14.9. The van der Waals surface area contributed by atoms with Crippen LogP contribution >= 0.6 is 0 Å². The number of benzene rings is 1. The van der Waals surface area contributed by atoms with Gasteiger partial charge in [-0.05, 0) is 52.2 Å². The SMILES string of the molecule is Cc1ccc(NC(=O)C(CC(C)C)NC(=O)OC(C)(C)C)cc1. The molecular formula is C18H28N2O3. The van der Waals surface area contributed by atoms with Crippen molar-refractivity contribution < 1.29 is 14.3 Å². The first-order valence-electron chi connectivity index (χ1n) is 7.94. The van der Waals surface area contributed by atoms with E-state index in [0.717, 1.165) is 5.56 Å². The molecule has 0 saturated carbocycles. The topological polar surface area (TPSA) is 67.4 Å². The zero-order valence-corrected chi connectivity index (χ0v) is 14.9. The average Bonchev–Trinajstić information content (AvgIpc) is 2.38. The standard InChI is InChI=1S/C18H28N2O3/c1-12(2)11-15(20-17(22)23-18(4,5)6)16(21)19-14-9-7-13(3)8-10-14/h7-10,12,15H,11H2,1-6H3,(H,19,21)(H,20,22). The number of rotatable bonds is 5. The number of anilines is 1. The van der Waals surface area contributed by atoms with Crippen LogP contribution in [0.1, 0.15) is 46.6 Å². The van der Waals surface area contributed by atoms with E-state index in [1.54, 1.807) is 20.8 Å². The lowest BCUT2D eigenvalue weighted by Gasteiger charge is -2.24. The van der Waals surface area contributed by atoms with Gasteiger partial charge in [0.15, 0.2) is 0 Å². The summed E-state index contributed by atoms with van der Waals surface area (Å²) in [4.78, 5) is 24.4. The first-order chi connectivity index (χ1) is 10.6. The van der Waals surface area contributed by atoms with E-state index in [1.165, 1.54) is 0 Å². The molecule has 2 amide bonds. The summed E-state index contributed by atoms with van der Waals surface area (Å²) in [7, 11) is 0. The lowest BCUT2D eigenvalue weighted by atomic mass is 10.0. The molecule has 1 unspecified atom stereocenters. The Labute approximate surface area is 138 Å². The number of hydrogen-bond acceptors (Lipinski definition) is 3. The molecule has 5 nitrogen and oxygen atoms in total. The van der Waals surface area contributed by atoms with E-state index in [4.69, 9.17) is 4.74 Å². The van der Waals surface area contributed by atoms with Crippen molar-refractivity contribution in [1.29, 1.82) is 0 Å². The van der Waals surface area contributed by atoms with Crippen molar-refractivity contribution in [2.24, 2.45) is 5.92 Å². The van der Waals surface area contributed by atoms with Crippen molar-refractivity contribution in [3.05, 3.63) is 29.8 Å². The van der Waals surface area contributed by atoms with E-state index < -0.39 is 17.7 Å². The number of hydrogen-bond donors (Lipinski definition) is 2. The van der Waals surface area contributed by atoms with Crippen LogP contribution in [0.2, 0.25) is 0 Å². The van der Waals surface area contributed by atoms with Crippen LogP contribution in [-0.2, 0) is 9.53 Å². The average molecular weight is 320 g/mol. The Bertz CT molecular complexity index is 530. The summed E-state index contributed by atoms with van der Waals surface area (Å²) in [5, 5.41) is 5.50. The van der Waals surface area contributed by atoms with Gasteiger partial charge >= 0.3 is 6.09 Å². The molecule has 0 aliphatic carbocycles. The van der Waals surface area contributed by atoms with Gasteiger partial charge in [-0.3, -0.25) is 4.79 Å². The van der Waals surface area contributed by atoms with Crippen LogP contribution in [0.3, 0.4) is 0 Å². The number of amides is 2. The summed E-state index contributed by atoms with van der Waals surface area (Å²) >= 11 is 0. The minimum absolute atomic E-state index is 0.242. The molecule has 1 rings (SSSR count). The van der Waals surface area contributed by atoms with Gasteiger partial charge < -0.3 is 15.4 Å². The molecular weight excluding hydrogens is 292 g/mol. The van der Waals surface area contributed by atoms with Crippen LogP contribution in [0.5, 0.6) is 0 Å². The largest absolute Gasteiger partial charge is 0.444 e. The van der Waals surface area contributed by atoms with Gasteiger partial charge in [-0.25, -0.2) is 4.79 Å². The zero-order chi connectivity index (χ0) is 17.6. The highest BCUT2D eigenvalue weighted by Gasteiger charge is 2.25. The van der Waals surface area contributed by atoms with E-state index in [2.05, 4.69) is 10.6 Å². The molecule has 0 aromatic heterocycles. The van der Waals surface area contributed by atoms with Gasteiger partial charge in [-0.2, -0.15) is 0 Å². The monoisotopic (exact) mass is 320 g/mol. The maximum Gasteiger partial charge on any atom is 0.408 e. The summed E-state index contributed by atoms with van der Waals surface area (Å²) in [6.45, 7) is 11.4. The summed E-state index contributed by atoms with van der Waals surface area (Å²) in [5.41, 5.74) is 1.23. The predicted octanol–water partition coefficient (Wildman–Crippen LogP) is 3.87. The fraction of sp³-hybridized carbons (Fsp3) is 0.556. The quantitative estimate of drug-likeness (QED) is 0.865. The molecule has 2 N–H and O–H groups in total. The molecule has 0 fully saturated rings. The molecule has 0 aliphatic rings. The number of alkyl carbamates (subject to hydrolysis) is 1. The van der Waals surface area contributed by atoms with E-state index in [0.29, 0.717) is 12.1 Å². The lowest BCUT2D eigenvalue weighted by Crippen LogP contribution is -2.46. The molecule has 0 heterocycles. The molecule has 1 atom stereocenters. The van der Waals surface area contributed by atoms with Crippen LogP contribution < -0.4 is 10.6 Å². The van der Waals surface area contributed by atoms with Crippen molar-refractivity contribution in [2.75, 3.05) is 5.32 Å². The second kappa shape index (κ2) is 7.99. The molecule has 128 valence electrons. The Hall–Kier alpha value is -2.04. The van der Waals surface area contributed by atoms with Crippen LogP contribution in [0.15, 0.2) is 24.3 Å². The van der Waals surface area contributed by atoms with Crippen molar-refractivity contribution in [3.8, 4) is 0 Å². The maximum absolute atomic E-state index is 12.5. The van der Waals surface area contributed by atoms with E-state index >= 15 is 0 Å². The summed E-state index contributed by atoms with van der Waals surface area (Å²) < 4.78 is 5.24. The Morgan fingerprint density at radius 3 is 2.17 bits per heavy atom. The second-order valence-electron chi connectivity index (χ2n) is 7.18. The Morgan fingerprint density at radius 2 is 1.70 bits per heavy atom. The fourth-order valence-corrected chi connectivity index (χ4v) is 2.02. The highest BCUT2D eigenvalue weighted by Crippen LogP contribution is 2.13. The molecule has 5 heteroatoms. The third-order valence-corrected chi connectivity index (χ3v) is 3.03. The van der Waals surface area contributed by atoms with E-state index in [-0.39, 0.29) is 11.8 Å². The molecule has 0 spiro atoms. The van der Waals surface area contributed by atoms with E-state index in [1.807, 2.05) is 45.0 Å². The molecule has 1 aromatic rings. The van der Waals surface area contributed by atoms with Crippen molar-refractivity contribution >= 4 is 17.7 Å². The third-order valence-electron chi connectivity index (χ3n) is 3.03. The van der Waals surface area contributed by atoms with Crippen LogP contribution in [0.4, 0.5) is 10.5 Å². The number of nitrogens with one attached hydrogen (secondary N) is 2. The van der Waals surface area contributed by atoms with Crippen LogP contribution in [0, 0.1) is 12.8 Å². The highest BCUT2D eigenvalue weighted by atomic mass is 16.6. The van der Waals surface area contributed by atoms with Crippen molar-refractivity contribution in [1.82, 2.24) is 5.32 Å². The summed E-state index contributed by atoms with van der Waals surface area (Å²) in [6.07, 6.45) is -0.0427. The maximum atomic E-state index is 12.5. The molecule has 0 bridgehead atoms. The van der Waals surface area contributed by atoms with Gasteiger partial charge in [0.25, 0.3) is 0 Å². The third kappa shape index (κ3) is 7.68. The van der Waals surface area contributed by atoms with Crippen LogP contribution in [-0.4, -0.2) is 23.6 Å². The molecule has 23 heavy (non-hydrogen) atoms.